The Morgan fingerprint density at radius 1 is 1.20 bits per heavy atom. The van der Waals surface area contributed by atoms with Gasteiger partial charge in [-0.2, -0.15) is 0 Å². The summed E-state index contributed by atoms with van der Waals surface area (Å²) in [5.74, 6) is 0. The number of aliphatic hydroxyl groups is 1. The predicted octanol–water partition coefficient (Wildman–Crippen LogP) is 3.52. The third-order valence-electron chi connectivity index (χ3n) is 4.14. The lowest BCUT2D eigenvalue weighted by Gasteiger charge is -2.41. The highest BCUT2D eigenvalue weighted by Crippen LogP contribution is 2.38. The van der Waals surface area contributed by atoms with Gasteiger partial charge >= 0.3 is 0 Å². The van der Waals surface area contributed by atoms with E-state index in [1.165, 1.54) is 11.1 Å². The third kappa shape index (κ3) is 2.78. The van der Waals surface area contributed by atoms with E-state index in [0.717, 1.165) is 6.42 Å². The lowest BCUT2D eigenvalue weighted by Crippen LogP contribution is -2.45. The van der Waals surface area contributed by atoms with Crippen molar-refractivity contribution in [3.05, 3.63) is 54.1 Å². The molecule has 108 valence electrons. The van der Waals surface area contributed by atoms with Gasteiger partial charge in [-0.15, -0.1) is 0 Å². The second kappa shape index (κ2) is 5.41. The predicted molar refractivity (Wildman–Crippen MR) is 81.4 cm³/mol. The van der Waals surface area contributed by atoms with Gasteiger partial charge in [0.25, 0.3) is 0 Å². The molecule has 1 aromatic carbocycles. The number of nitrogens with zero attached hydrogens (tertiary/aromatic N) is 2. The molecular formula is C17H24N2O. The zero-order valence-electron chi connectivity index (χ0n) is 12.8. The number of aryl methyl sites for hydroxylation is 2. The fourth-order valence-corrected chi connectivity index (χ4v) is 2.57. The van der Waals surface area contributed by atoms with E-state index in [1.54, 1.807) is 12.5 Å². The summed E-state index contributed by atoms with van der Waals surface area (Å²) in [4.78, 5) is 4.08. The number of benzene rings is 1. The highest BCUT2D eigenvalue weighted by Gasteiger charge is 2.41. The minimum Gasteiger partial charge on any atom is -0.370 e. The molecule has 20 heavy (non-hydrogen) atoms. The van der Waals surface area contributed by atoms with Gasteiger partial charge in [-0.05, 0) is 30.9 Å². The molecule has 1 unspecified atom stereocenters. The summed E-state index contributed by atoms with van der Waals surface area (Å²) in [6.45, 7) is 8.29. The van der Waals surface area contributed by atoms with Crippen molar-refractivity contribution in [3.8, 4) is 0 Å². The van der Waals surface area contributed by atoms with Crippen molar-refractivity contribution in [2.24, 2.45) is 5.41 Å². The molecule has 0 saturated heterocycles. The number of hydrogen-bond donors (Lipinski definition) is 1. The van der Waals surface area contributed by atoms with Crippen LogP contribution in [-0.2, 0) is 12.1 Å². The van der Waals surface area contributed by atoms with Crippen molar-refractivity contribution in [1.82, 2.24) is 9.55 Å². The molecule has 0 aliphatic carbocycles. The van der Waals surface area contributed by atoms with Gasteiger partial charge < -0.3 is 9.67 Å². The maximum atomic E-state index is 11.2. The Hall–Kier alpha value is -1.61. The highest BCUT2D eigenvalue weighted by molar-refractivity contribution is 5.25. The van der Waals surface area contributed by atoms with E-state index in [2.05, 4.69) is 50.9 Å². The molecule has 0 aliphatic heterocycles. The molecule has 1 N–H and O–H groups in total. The molecule has 3 nitrogen and oxygen atoms in total. The molecule has 0 saturated carbocycles. The van der Waals surface area contributed by atoms with Gasteiger partial charge in [0.1, 0.15) is 5.72 Å². The minimum absolute atomic E-state index is 0.267. The summed E-state index contributed by atoms with van der Waals surface area (Å²) >= 11 is 0. The summed E-state index contributed by atoms with van der Waals surface area (Å²) in [5, 5.41) is 11.2. The maximum absolute atomic E-state index is 11.2. The Morgan fingerprint density at radius 3 is 2.45 bits per heavy atom. The van der Waals surface area contributed by atoms with Crippen LogP contribution >= 0.6 is 0 Å². The molecule has 0 spiro atoms. The number of rotatable bonds is 4. The highest BCUT2D eigenvalue weighted by atomic mass is 16.3. The SMILES string of the molecule is Cc1ccccc1CCC(O)(n1ccnc1)C(C)(C)C. The van der Waals surface area contributed by atoms with Crippen molar-refractivity contribution in [1.29, 1.82) is 0 Å². The first kappa shape index (κ1) is 14.8. The van der Waals surface area contributed by atoms with E-state index in [-0.39, 0.29) is 5.41 Å². The van der Waals surface area contributed by atoms with Crippen LogP contribution in [0.25, 0.3) is 0 Å². The largest absolute Gasteiger partial charge is 0.370 e. The topological polar surface area (TPSA) is 38.0 Å². The summed E-state index contributed by atoms with van der Waals surface area (Å²) in [7, 11) is 0. The van der Waals surface area contributed by atoms with Gasteiger partial charge in [0.15, 0.2) is 0 Å². The van der Waals surface area contributed by atoms with Crippen molar-refractivity contribution in [2.75, 3.05) is 0 Å². The number of imidazole rings is 1. The average Bonchev–Trinajstić information content (AvgIpc) is 2.90. The van der Waals surface area contributed by atoms with Crippen LogP contribution < -0.4 is 0 Å². The maximum Gasteiger partial charge on any atom is 0.147 e. The quantitative estimate of drug-likeness (QED) is 0.925. The third-order valence-corrected chi connectivity index (χ3v) is 4.14. The monoisotopic (exact) mass is 272 g/mol. The Balaban J connectivity index is 2.25. The molecule has 3 heteroatoms. The average molecular weight is 272 g/mol. The van der Waals surface area contributed by atoms with Gasteiger partial charge in [-0.1, -0.05) is 45.0 Å². The Kier molecular flexibility index (Phi) is 4.00. The fourth-order valence-electron chi connectivity index (χ4n) is 2.57. The molecule has 2 aromatic rings. The van der Waals surface area contributed by atoms with E-state index < -0.39 is 5.72 Å². The van der Waals surface area contributed by atoms with E-state index in [9.17, 15) is 5.11 Å². The minimum atomic E-state index is -0.939. The summed E-state index contributed by atoms with van der Waals surface area (Å²) in [6, 6.07) is 8.34. The molecule has 0 bridgehead atoms. The van der Waals surface area contributed by atoms with Gasteiger partial charge in [-0.25, -0.2) is 4.98 Å². The van der Waals surface area contributed by atoms with Crippen LogP contribution in [0.5, 0.6) is 0 Å². The first-order valence-corrected chi connectivity index (χ1v) is 7.10. The number of aromatic nitrogens is 2. The van der Waals surface area contributed by atoms with Crippen molar-refractivity contribution >= 4 is 0 Å². The molecule has 0 aliphatic rings. The Labute approximate surface area is 121 Å². The van der Waals surface area contributed by atoms with Gasteiger partial charge in [0.05, 0.1) is 6.33 Å². The summed E-state index contributed by atoms with van der Waals surface area (Å²) < 4.78 is 1.82. The zero-order chi connectivity index (χ0) is 14.8. The van der Waals surface area contributed by atoms with E-state index in [4.69, 9.17) is 0 Å². The lowest BCUT2D eigenvalue weighted by atomic mass is 9.79. The van der Waals surface area contributed by atoms with Crippen LogP contribution in [-0.4, -0.2) is 14.7 Å². The molecule has 1 heterocycles. The van der Waals surface area contributed by atoms with Crippen LogP contribution in [0.15, 0.2) is 43.0 Å². The van der Waals surface area contributed by atoms with E-state index in [1.807, 2.05) is 16.8 Å². The molecular weight excluding hydrogens is 248 g/mol. The molecule has 0 fully saturated rings. The van der Waals surface area contributed by atoms with Gasteiger partial charge in [0.2, 0.25) is 0 Å². The molecule has 0 amide bonds. The van der Waals surface area contributed by atoms with Gasteiger partial charge in [0, 0.05) is 17.8 Å². The summed E-state index contributed by atoms with van der Waals surface area (Å²) in [5.41, 5.74) is 1.35. The molecule has 1 aromatic heterocycles. The molecule has 2 rings (SSSR count). The lowest BCUT2D eigenvalue weighted by molar-refractivity contribution is -0.134. The van der Waals surface area contributed by atoms with Crippen LogP contribution in [0.1, 0.15) is 38.3 Å². The van der Waals surface area contributed by atoms with Gasteiger partial charge in [-0.3, -0.25) is 0 Å². The van der Waals surface area contributed by atoms with Crippen molar-refractivity contribution in [2.45, 2.75) is 46.3 Å². The fraction of sp³-hybridized carbons (Fsp3) is 0.471. The smallest absolute Gasteiger partial charge is 0.147 e. The van der Waals surface area contributed by atoms with E-state index >= 15 is 0 Å². The standard InChI is InChI=1S/C17H24N2O/c1-14-7-5-6-8-15(14)9-10-17(20,16(2,3)4)19-12-11-18-13-19/h5-8,11-13,20H,9-10H2,1-4H3. The molecule has 0 radical (unpaired) electrons. The normalized spacial score (nSPS) is 15.1. The van der Waals surface area contributed by atoms with Crippen molar-refractivity contribution < 1.29 is 5.11 Å². The van der Waals surface area contributed by atoms with Crippen LogP contribution in [0.3, 0.4) is 0 Å². The molecule has 1 atom stereocenters. The number of hydrogen-bond acceptors (Lipinski definition) is 2. The van der Waals surface area contributed by atoms with Crippen LogP contribution in [0.2, 0.25) is 0 Å². The summed E-state index contributed by atoms with van der Waals surface area (Å²) in [6.07, 6.45) is 6.76. The van der Waals surface area contributed by atoms with Crippen LogP contribution in [0, 0.1) is 12.3 Å². The first-order chi connectivity index (χ1) is 9.34. The van der Waals surface area contributed by atoms with E-state index in [0.29, 0.717) is 6.42 Å². The Morgan fingerprint density at radius 2 is 1.90 bits per heavy atom. The zero-order valence-corrected chi connectivity index (χ0v) is 12.8. The van der Waals surface area contributed by atoms with Crippen LogP contribution in [0.4, 0.5) is 0 Å². The second-order valence-electron chi connectivity index (χ2n) is 6.46. The first-order valence-electron chi connectivity index (χ1n) is 7.10. The second-order valence-corrected chi connectivity index (χ2v) is 6.46. The van der Waals surface area contributed by atoms with Crippen molar-refractivity contribution in [3.63, 3.8) is 0 Å². The Bertz CT molecular complexity index is 555.